The highest BCUT2D eigenvalue weighted by molar-refractivity contribution is 5.94. The van der Waals surface area contributed by atoms with E-state index in [2.05, 4.69) is 35.7 Å². The quantitative estimate of drug-likeness (QED) is 0.288. The van der Waals surface area contributed by atoms with E-state index in [1.54, 1.807) is 12.3 Å². The number of imidazole rings is 1. The van der Waals surface area contributed by atoms with Crippen LogP contribution in [0.5, 0.6) is 5.88 Å². The third-order valence-corrected chi connectivity index (χ3v) is 7.90. The first-order valence-corrected chi connectivity index (χ1v) is 13.6. The number of aliphatic hydroxyl groups is 1. The van der Waals surface area contributed by atoms with Crippen LogP contribution >= 0.6 is 0 Å². The first kappa shape index (κ1) is 31.0. The lowest BCUT2D eigenvalue weighted by Gasteiger charge is -2.33. The van der Waals surface area contributed by atoms with Crippen molar-refractivity contribution >= 4 is 11.6 Å². The second-order valence-corrected chi connectivity index (χ2v) is 10.7. The van der Waals surface area contributed by atoms with Gasteiger partial charge in [-0.1, -0.05) is 0 Å². The summed E-state index contributed by atoms with van der Waals surface area (Å²) in [6, 6.07) is -1.84. The zero-order valence-corrected chi connectivity index (χ0v) is 23.2. The summed E-state index contributed by atoms with van der Waals surface area (Å²) in [5.74, 6) is -4.07. The number of nitrogens with zero attached hydrogens (tertiary/aromatic N) is 6. The molecule has 18 heteroatoms. The molecule has 3 N–H and O–H groups in total. The summed E-state index contributed by atoms with van der Waals surface area (Å²) < 4.78 is 84.3. The number of carbonyl (C=O) groups excluding carboxylic acids is 1. The fourth-order valence-electron chi connectivity index (χ4n) is 5.62. The highest BCUT2D eigenvalue weighted by Gasteiger charge is 2.48. The van der Waals surface area contributed by atoms with E-state index < -0.39 is 54.9 Å². The molecule has 1 amide bonds. The largest absolute Gasteiger partial charge is 0.477 e. The maximum atomic E-state index is 14.0. The average Bonchev–Trinajstić information content (AvgIpc) is 3.70. The second kappa shape index (κ2) is 12.3. The topological polar surface area (TPSA) is 152 Å². The Morgan fingerprint density at radius 2 is 2.02 bits per heavy atom. The van der Waals surface area contributed by atoms with Crippen LogP contribution in [-0.4, -0.2) is 92.7 Å². The molecule has 0 spiro atoms. The molecule has 5 rings (SSSR count). The standard InChI is InChI=1S/C25H31F5N8O5/c1-41-8-5-16(37-12-17(25(28,29)30)33-23(37)40)14-9-18-32-15(11-38(18)31-10-14)19(13-3-6-24(26,27)7-4-13)34-21(39)20-22(42-2)36-43-35-20/h9-11,13,16-17,19,23,33,40H,3-8,12H2,1-2H3,(H,34,39). The van der Waals surface area contributed by atoms with Crippen LogP contribution < -0.4 is 15.4 Å². The van der Waals surface area contributed by atoms with Gasteiger partial charge >= 0.3 is 6.18 Å². The predicted molar refractivity (Wildman–Crippen MR) is 136 cm³/mol. The molecule has 236 valence electrons. The van der Waals surface area contributed by atoms with Crippen molar-refractivity contribution in [3.05, 3.63) is 35.4 Å². The smallest absolute Gasteiger partial charge is 0.405 e. The van der Waals surface area contributed by atoms with Crippen molar-refractivity contribution < 1.29 is 46.0 Å². The molecule has 2 aliphatic rings. The van der Waals surface area contributed by atoms with Gasteiger partial charge in [-0.25, -0.2) is 22.9 Å². The number of carbonyl (C=O) groups is 1. The number of nitrogens with one attached hydrogen (secondary N) is 2. The third-order valence-electron chi connectivity index (χ3n) is 7.90. The molecule has 0 aromatic carbocycles. The Morgan fingerprint density at radius 1 is 1.28 bits per heavy atom. The van der Waals surface area contributed by atoms with E-state index >= 15 is 0 Å². The molecule has 1 aliphatic heterocycles. The third kappa shape index (κ3) is 6.71. The van der Waals surface area contributed by atoms with E-state index in [0.29, 0.717) is 16.9 Å². The molecule has 4 heterocycles. The maximum absolute atomic E-state index is 14.0. The minimum Gasteiger partial charge on any atom is -0.477 e. The van der Waals surface area contributed by atoms with Crippen molar-refractivity contribution in [1.82, 2.24) is 40.4 Å². The molecule has 1 saturated carbocycles. The van der Waals surface area contributed by atoms with E-state index in [9.17, 15) is 31.9 Å². The number of aromatic nitrogens is 5. The first-order valence-electron chi connectivity index (χ1n) is 13.6. The number of ether oxygens (including phenoxy) is 2. The Labute approximate surface area is 241 Å². The number of fused-ring (bicyclic) bond motifs is 1. The van der Waals surface area contributed by atoms with E-state index in [1.807, 2.05) is 0 Å². The Kier molecular flexibility index (Phi) is 8.82. The van der Waals surface area contributed by atoms with Crippen LogP contribution in [0.15, 0.2) is 23.1 Å². The Morgan fingerprint density at radius 3 is 2.67 bits per heavy atom. The summed E-state index contributed by atoms with van der Waals surface area (Å²) in [6.07, 6.45) is -3.38. The van der Waals surface area contributed by atoms with Crippen LogP contribution in [0.1, 0.15) is 65.9 Å². The van der Waals surface area contributed by atoms with E-state index in [1.165, 1.54) is 29.8 Å². The van der Waals surface area contributed by atoms with Gasteiger partial charge in [-0.3, -0.25) is 15.0 Å². The number of methoxy groups -OCH3 is 2. The van der Waals surface area contributed by atoms with E-state index in [-0.39, 0.29) is 50.3 Å². The van der Waals surface area contributed by atoms with Gasteiger partial charge in [0.2, 0.25) is 11.6 Å². The van der Waals surface area contributed by atoms with Crippen molar-refractivity contribution in [2.24, 2.45) is 5.92 Å². The van der Waals surface area contributed by atoms with Crippen LogP contribution in [-0.2, 0) is 4.74 Å². The summed E-state index contributed by atoms with van der Waals surface area (Å²) in [6.45, 7) is -0.305. The van der Waals surface area contributed by atoms with Gasteiger partial charge in [-0.15, -0.1) is 0 Å². The molecule has 3 aromatic rings. The van der Waals surface area contributed by atoms with Gasteiger partial charge in [0.1, 0.15) is 6.04 Å². The molecule has 4 atom stereocenters. The number of hydrogen-bond donors (Lipinski definition) is 3. The molecule has 1 saturated heterocycles. The minimum absolute atomic E-state index is 0.109. The maximum Gasteiger partial charge on any atom is 0.405 e. The van der Waals surface area contributed by atoms with E-state index in [4.69, 9.17) is 9.47 Å². The minimum atomic E-state index is -4.56. The highest BCUT2D eigenvalue weighted by Crippen LogP contribution is 2.41. The molecule has 0 radical (unpaired) electrons. The van der Waals surface area contributed by atoms with Crippen LogP contribution in [0, 0.1) is 5.92 Å². The molecule has 13 nitrogen and oxygen atoms in total. The van der Waals surface area contributed by atoms with Crippen LogP contribution in [0.3, 0.4) is 0 Å². The molecule has 0 bridgehead atoms. The summed E-state index contributed by atoms with van der Waals surface area (Å²) >= 11 is 0. The number of hydrogen-bond acceptors (Lipinski definition) is 11. The number of aliphatic hydroxyl groups excluding tert-OH is 1. The molecule has 2 fully saturated rings. The normalized spacial score (nSPS) is 23.0. The van der Waals surface area contributed by atoms with Gasteiger partial charge in [0.05, 0.1) is 31.2 Å². The van der Waals surface area contributed by atoms with Gasteiger partial charge in [-0.2, -0.15) is 18.3 Å². The molecule has 1 aliphatic carbocycles. The Hall–Kier alpha value is -3.48. The fourth-order valence-corrected chi connectivity index (χ4v) is 5.62. The van der Waals surface area contributed by atoms with Gasteiger partial charge < -0.3 is 19.9 Å². The summed E-state index contributed by atoms with van der Waals surface area (Å²) in [7, 11) is 2.74. The van der Waals surface area contributed by atoms with Crippen molar-refractivity contribution in [3.63, 3.8) is 0 Å². The Balaban J connectivity index is 1.45. The number of rotatable bonds is 10. The molecule has 3 aromatic heterocycles. The van der Waals surface area contributed by atoms with Crippen molar-refractivity contribution in [2.45, 2.75) is 68.7 Å². The van der Waals surface area contributed by atoms with Crippen molar-refractivity contribution in [1.29, 1.82) is 0 Å². The van der Waals surface area contributed by atoms with Gasteiger partial charge in [0, 0.05) is 39.1 Å². The van der Waals surface area contributed by atoms with Gasteiger partial charge in [0.25, 0.3) is 11.8 Å². The average molecular weight is 619 g/mol. The number of amides is 1. The van der Waals surface area contributed by atoms with Crippen LogP contribution in [0.2, 0.25) is 0 Å². The zero-order chi connectivity index (χ0) is 30.9. The summed E-state index contributed by atoms with van der Waals surface area (Å²) in [5, 5.41) is 26.9. The van der Waals surface area contributed by atoms with Crippen LogP contribution in [0.4, 0.5) is 22.0 Å². The van der Waals surface area contributed by atoms with Crippen molar-refractivity contribution in [3.8, 4) is 5.88 Å². The lowest BCUT2D eigenvalue weighted by molar-refractivity contribution is -0.152. The van der Waals surface area contributed by atoms with E-state index in [0.717, 1.165) is 0 Å². The first-order chi connectivity index (χ1) is 20.4. The molecule has 43 heavy (non-hydrogen) atoms. The molecule has 4 unspecified atom stereocenters. The van der Waals surface area contributed by atoms with Crippen LogP contribution in [0.25, 0.3) is 5.65 Å². The lowest BCUT2D eigenvalue weighted by atomic mass is 9.81. The van der Waals surface area contributed by atoms with Gasteiger partial charge in [-0.05, 0) is 47.1 Å². The van der Waals surface area contributed by atoms with Gasteiger partial charge in [0.15, 0.2) is 12.0 Å². The summed E-state index contributed by atoms with van der Waals surface area (Å²) in [4.78, 5) is 19.0. The van der Waals surface area contributed by atoms with Crippen molar-refractivity contribution in [2.75, 3.05) is 27.4 Å². The monoisotopic (exact) mass is 618 g/mol. The summed E-state index contributed by atoms with van der Waals surface area (Å²) in [5.41, 5.74) is 0.873. The SMILES string of the molecule is COCCC(c1cnn2cc(C(NC(=O)c3nonc3OC)C3CCC(F)(F)CC3)nc2c1)N1CC(C(F)(F)F)NC1O. The fraction of sp³-hybridized carbons (Fsp3) is 0.640. The number of halogens is 5. The lowest BCUT2D eigenvalue weighted by Crippen LogP contribution is -2.42. The number of alkyl halides is 5. The zero-order valence-electron chi connectivity index (χ0n) is 23.2. The predicted octanol–water partition coefficient (Wildman–Crippen LogP) is 2.61. The molecular weight excluding hydrogens is 587 g/mol. The molecular formula is C25H31F5N8O5. The second-order valence-electron chi connectivity index (χ2n) is 10.7. The Bertz CT molecular complexity index is 1410. The highest BCUT2D eigenvalue weighted by atomic mass is 19.4.